The molecule has 210 valence electrons. The quantitative estimate of drug-likeness (QED) is 0.378. The number of aliphatic hydroxyl groups is 2. The maximum Gasteiger partial charge on any atom is 0.306 e. The molecule has 0 aliphatic heterocycles. The van der Waals surface area contributed by atoms with Crippen molar-refractivity contribution in [3.8, 4) is 0 Å². The number of ether oxygens (including phenoxy) is 1. The second-order valence-corrected chi connectivity index (χ2v) is 15.4. The van der Waals surface area contributed by atoms with Crippen molar-refractivity contribution in [2.75, 3.05) is 0 Å². The highest BCUT2D eigenvalue weighted by atomic mass is 16.6. The van der Waals surface area contributed by atoms with E-state index < -0.39 is 0 Å². The van der Waals surface area contributed by atoms with Crippen LogP contribution in [0, 0.1) is 58.2 Å². The van der Waals surface area contributed by atoms with E-state index in [0.717, 1.165) is 50.9 Å². The minimum Gasteiger partial charge on any atom is -0.459 e. The minimum atomic E-state index is -0.250. The van der Waals surface area contributed by atoms with Gasteiger partial charge in [-0.05, 0) is 148 Å². The fraction of sp³-hybridized carbons (Fsp3) is 0.970. The summed E-state index contributed by atoms with van der Waals surface area (Å²) in [7, 11) is 0. The van der Waals surface area contributed by atoms with Crippen LogP contribution in [0.1, 0.15) is 124 Å². The Labute approximate surface area is 225 Å². The Hall–Kier alpha value is -0.610. The molecule has 0 saturated heterocycles. The van der Waals surface area contributed by atoms with Gasteiger partial charge in [-0.1, -0.05) is 27.7 Å². The maximum absolute atomic E-state index is 13.1. The number of carbonyl (C=O) groups is 1. The van der Waals surface area contributed by atoms with Crippen LogP contribution in [0.25, 0.3) is 0 Å². The summed E-state index contributed by atoms with van der Waals surface area (Å²) in [6.45, 7) is 9.45. The van der Waals surface area contributed by atoms with Gasteiger partial charge in [0.2, 0.25) is 0 Å². The molecule has 2 bridgehead atoms. The number of esters is 1. The predicted molar refractivity (Wildman–Crippen MR) is 146 cm³/mol. The molecule has 37 heavy (non-hydrogen) atoms. The van der Waals surface area contributed by atoms with Crippen LogP contribution in [0.15, 0.2) is 0 Å². The van der Waals surface area contributed by atoms with Crippen molar-refractivity contribution in [1.82, 2.24) is 0 Å². The van der Waals surface area contributed by atoms with Crippen LogP contribution in [0.4, 0.5) is 0 Å². The molecule has 13 atom stereocenters. The average Bonchev–Trinajstić information content (AvgIpc) is 3.57. The van der Waals surface area contributed by atoms with Crippen LogP contribution in [0.5, 0.6) is 0 Å². The summed E-state index contributed by atoms with van der Waals surface area (Å²) in [6.07, 6.45) is 15.9. The zero-order valence-electron chi connectivity index (χ0n) is 24.1. The minimum absolute atomic E-state index is 0.0240. The summed E-state index contributed by atoms with van der Waals surface area (Å²) in [5.41, 5.74) is 0.0797. The van der Waals surface area contributed by atoms with Crippen molar-refractivity contribution in [2.24, 2.45) is 58.2 Å². The standard InChI is InChI=1S/C33H54O4/c1-5-33(19-21-7-8-23(33)16-21)37-30(36)13-6-20(2)26-11-12-27-25-10-9-22-17-24(34)14-15-31(22,3)28(25)18-29(35)32(26,27)4/h20-29,34-35H,5-19H2,1-4H3. The number of hydrogen-bond donors (Lipinski definition) is 2. The first-order valence-electron chi connectivity index (χ1n) is 16.2. The third-order valence-corrected chi connectivity index (χ3v) is 14.1. The van der Waals surface area contributed by atoms with E-state index >= 15 is 0 Å². The molecule has 6 rings (SSSR count). The highest BCUT2D eigenvalue weighted by molar-refractivity contribution is 5.70. The van der Waals surface area contributed by atoms with Gasteiger partial charge in [0.05, 0.1) is 12.2 Å². The van der Waals surface area contributed by atoms with Gasteiger partial charge in [-0.3, -0.25) is 4.79 Å². The van der Waals surface area contributed by atoms with Crippen LogP contribution < -0.4 is 0 Å². The first kappa shape index (κ1) is 26.6. The zero-order chi connectivity index (χ0) is 26.2. The highest BCUT2D eigenvalue weighted by Gasteiger charge is 2.63. The van der Waals surface area contributed by atoms with E-state index in [1.165, 1.54) is 44.9 Å². The summed E-state index contributed by atoms with van der Waals surface area (Å²) in [6, 6.07) is 0. The molecule has 6 saturated carbocycles. The van der Waals surface area contributed by atoms with Crippen molar-refractivity contribution in [1.29, 1.82) is 0 Å². The highest BCUT2D eigenvalue weighted by Crippen LogP contribution is 2.68. The van der Waals surface area contributed by atoms with E-state index in [9.17, 15) is 15.0 Å². The summed E-state index contributed by atoms with van der Waals surface area (Å²) in [5.74, 6) is 4.85. The molecule has 0 aromatic rings. The smallest absolute Gasteiger partial charge is 0.306 e. The van der Waals surface area contributed by atoms with Crippen LogP contribution in [-0.4, -0.2) is 34.0 Å². The molecule has 13 unspecified atom stereocenters. The maximum atomic E-state index is 13.1. The van der Waals surface area contributed by atoms with Crippen LogP contribution in [0.3, 0.4) is 0 Å². The van der Waals surface area contributed by atoms with Gasteiger partial charge < -0.3 is 14.9 Å². The van der Waals surface area contributed by atoms with Crippen molar-refractivity contribution >= 4 is 5.97 Å². The number of carbonyl (C=O) groups excluding carboxylic acids is 1. The average molecular weight is 515 g/mol. The van der Waals surface area contributed by atoms with Gasteiger partial charge >= 0.3 is 5.97 Å². The predicted octanol–water partition coefficient (Wildman–Crippen LogP) is 6.91. The number of hydrogen-bond acceptors (Lipinski definition) is 4. The molecule has 0 heterocycles. The summed E-state index contributed by atoms with van der Waals surface area (Å²) in [5, 5.41) is 22.1. The summed E-state index contributed by atoms with van der Waals surface area (Å²) >= 11 is 0. The number of aliphatic hydroxyl groups excluding tert-OH is 2. The molecule has 4 nitrogen and oxygen atoms in total. The topological polar surface area (TPSA) is 66.8 Å². The Morgan fingerprint density at radius 2 is 1.73 bits per heavy atom. The first-order chi connectivity index (χ1) is 17.6. The lowest BCUT2D eigenvalue weighted by atomic mass is 9.43. The number of fused-ring (bicyclic) bond motifs is 7. The monoisotopic (exact) mass is 514 g/mol. The van der Waals surface area contributed by atoms with Gasteiger partial charge in [0.15, 0.2) is 0 Å². The molecular formula is C33H54O4. The van der Waals surface area contributed by atoms with Crippen LogP contribution >= 0.6 is 0 Å². The van der Waals surface area contributed by atoms with Crippen molar-refractivity contribution in [2.45, 2.75) is 142 Å². The van der Waals surface area contributed by atoms with Crippen molar-refractivity contribution in [3.05, 3.63) is 0 Å². The third kappa shape index (κ3) is 4.08. The SMILES string of the molecule is CCC1(OC(=O)CCC(C)C2CCC3C4CCC5CC(O)CCC5(C)C4CC(O)C23C)CC2CCC1C2. The van der Waals surface area contributed by atoms with E-state index in [2.05, 4.69) is 27.7 Å². The first-order valence-corrected chi connectivity index (χ1v) is 16.2. The van der Waals surface area contributed by atoms with E-state index in [0.29, 0.717) is 47.8 Å². The molecule has 6 aliphatic carbocycles. The van der Waals surface area contributed by atoms with E-state index in [-0.39, 0.29) is 34.6 Å². The lowest BCUT2D eigenvalue weighted by Crippen LogP contribution is -2.58. The molecule has 0 spiro atoms. The molecule has 0 amide bonds. The van der Waals surface area contributed by atoms with Gasteiger partial charge in [0, 0.05) is 6.42 Å². The lowest BCUT2D eigenvalue weighted by molar-refractivity contribution is -0.175. The largest absolute Gasteiger partial charge is 0.459 e. The van der Waals surface area contributed by atoms with Gasteiger partial charge in [-0.25, -0.2) is 0 Å². The van der Waals surface area contributed by atoms with E-state index in [1.807, 2.05) is 0 Å². The second-order valence-electron chi connectivity index (χ2n) is 15.4. The van der Waals surface area contributed by atoms with Crippen LogP contribution in [-0.2, 0) is 9.53 Å². The molecule has 0 radical (unpaired) electrons. The fourth-order valence-electron chi connectivity index (χ4n) is 12.0. The molecule has 6 fully saturated rings. The van der Waals surface area contributed by atoms with E-state index in [1.54, 1.807) is 0 Å². The second kappa shape index (κ2) is 9.50. The Morgan fingerprint density at radius 3 is 2.43 bits per heavy atom. The van der Waals surface area contributed by atoms with Crippen molar-refractivity contribution in [3.63, 3.8) is 0 Å². The third-order valence-electron chi connectivity index (χ3n) is 14.1. The number of rotatable bonds is 6. The Balaban J connectivity index is 1.10. The molecule has 4 heteroatoms. The summed E-state index contributed by atoms with van der Waals surface area (Å²) < 4.78 is 6.28. The van der Waals surface area contributed by atoms with Gasteiger partial charge in [0.25, 0.3) is 0 Å². The molecule has 0 aromatic heterocycles. The zero-order valence-corrected chi connectivity index (χ0v) is 24.1. The molecule has 2 N–H and O–H groups in total. The van der Waals surface area contributed by atoms with Gasteiger partial charge in [-0.15, -0.1) is 0 Å². The summed E-state index contributed by atoms with van der Waals surface area (Å²) in [4.78, 5) is 13.1. The van der Waals surface area contributed by atoms with Gasteiger partial charge in [0.1, 0.15) is 5.60 Å². The molecule has 6 aliphatic rings. The molecular weight excluding hydrogens is 460 g/mol. The Bertz CT molecular complexity index is 872. The van der Waals surface area contributed by atoms with E-state index in [4.69, 9.17) is 4.74 Å². The normalized spacial score (nSPS) is 53.3. The van der Waals surface area contributed by atoms with Gasteiger partial charge in [-0.2, -0.15) is 0 Å². The lowest BCUT2D eigenvalue weighted by Gasteiger charge is -2.62. The fourth-order valence-corrected chi connectivity index (χ4v) is 12.0. The Kier molecular flexibility index (Phi) is 6.83. The van der Waals surface area contributed by atoms with Crippen LogP contribution in [0.2, 0.25) is 0 Å². The van der Waals surface area contributed by atoms with Crippen molar-refractivity contribution < 1.29 is 19.7 Å². The molecule has 0 aromatic carbocycles. The Morgan fingerprint density at radius 1 is 0.946 bits per heavy atom.